The van der Waals surface area contributed by atoms with E-state index in [2.05, 4.69) is 61.2 Å². The van der Waals surface area contributed by atoms with Gasteiger partial charge in [-0.25, -0.2) is 0 Å². The first-order valence-corrected chi connectivity index (χ1v) is 11.5. The Morgan fingerprint density at radius 1 is 1.07 bits per heavy atom. The second-order valence-electron chi connectivity index (χ2n) is 9.25. The number of benzene rings is 2. The average molecular weight is 408 g/mol. The lowest BCUT2D eigenvalue weighted by Gasteiger charge is -2.40. The van der Waals surface area contributed by atoms with Crippen molar-refractivity contribution in [2.24, 2.45) is 11.8 Å². The maximum atomic E-state index is 12.7. The first-order chi connectivity index (χ1) is 14.5. The molecule has 2 atom stereocenters. The maximum Gasteiger partial charge on any atom is 0.222 e. The van der Waals surface area contributed by atoms with Crippen molar-refractivity contribution in [2.45, 2.75) is 65.0 Å². The average Bonchev–Trinajstić information content (AvgIpc) is 2.75. The smallest absolute Gasteiger partial charge is 0.222 e. The Morgan fingerprint density at radius 3 is 2.30 bits per heavy atom. The van der Waals surface area contributed by atoms with Crippen molar-refractivity contribution in [3.05, 3.63) is 71.8 Å². The van der Waals surface area contributed by atoms with Crippen LogP contribution in [0.5, 0.6) is 0 Å². The summed E-state index contributed by atoms with van der Waals surface area (Å²) in [5.41, 5.74) is 2.54. The molecule has 0 bridgehead atoms. The van der Waals surface area contributed by atoms with Crippen molar-refractivity contribution in [2.75, 3.05) is 13.2 Å². The predicted molar refractivity (Wildman–Crippen MR) is 123 cm³/mol. The molecule has 3 nitrogen and oxygen atoms in total. The van der Waals surface area contributed by atoms with Gasteiger partial charge < -0.3 is 9.64 Å². The summed E-state index contributed by atoms with van der Waals surface area (Å²) < 4.78 is 5.99. The lowest BCUT2D eigenvalue weighted by Crippen LogP contribution is -2.39. The summed E-state index contributed by atoms with van der Waals surface area (Å²) >= 11 is 0. The van der Waals surface area contributed by atoms with Crippen LogP contribution in [-0.4, -0.2) is 29.6 Å². The molecule has 1 aliphatic heterocycles. The highest BCUT2D eigenvalue weighted by atomic mass is 16.5. The Morgan fingerprint density at radius 2 is 1.70 bits per heavy atom. The highest BCUT2D eigenvalue weighted by Gasteiger charge is 2.33. The molecule has 162 valence electrons. The minimum atomic E-state index is -0.0547. The monoisotopic (exact) mass is 407 g/mol. The molecule has 1 saturated heterocycles. The molecule has 0 unspecified atom stereocenters. The number of ether oxygens (including phenoxy) is 1. The molecule has 1 heterocycles. The van der Waals surface area contributed by atoms with Crippen LogP contribution in [0.2, 0.25) is 0 Å². The molecule has 0 aliphatic carbocycles. The summed E-state index contributed by atoms with van der Waals surface area (Å²) in [4.78, 5) is 14.7. The molecule has 1 amide bonds. The van der Waals surface area contributed by atoms with E-state index in [1.807, 2.05) is 25.1 Å². The van der Waals surface area contributed by atoms with Gasteiger partial charge in [0.1, 0.15) is 0 Å². The topological polar surface area (TPSA) is 29.5 Å². The van der Waals surface area contributed by atoms with Crippen molar-refractivity contribution >= 4 is 5.91 Å². The number of amides is 1. The van der Waals surface area contributed by atoms with Crippen LogP contribution in [-0.2, 0) is 22.5 Å². The fourth-order valence-corrected chi connectivity index (χ4v) is 4.74. The number of carbonyl (C=O) groups excluding carboxylic acids is 1. The van der Waals surface area contributed by atoms with Crippen LogP contribution in [0.3, 0.4) is 0 Å². The standard InChI is InChI=1S/C27H37NO2/c1-4-26(29)28(21-23-13-9-6-10-14-23)17-15-24(19-22-11-7-5-8-12-22)25-16-18-30-27(2,3)20-25/h5-14,24-25H,4,15-21H2,1-3H3/t24-,25-/m0/s1. The molecule has 0 spiro atoms. The van der Waals surface area contributed by atoms with E-state index in [0.717, 1.165) is 38.8 Å². The van der Waals surface area contributed by atoms with E-state index in [9.17, 15) is 4.79 Å². The Bertz CT molecular complexity index is 772. The molecule has 30 heavy (non-hydrogen) atoms. The highest BCUT2D eigenvalue weighted by molar-refractivity contribution is 5.75. The SMILES string of the molecule is CCC(=O)N(CC[C@@H](Cc1ccccc1)[C@H]1CCOC(C)(C)C1)Cc1ccccc1. The Hall–Kier alpha value is -2.13. The van der Waals surface area contributed by atoms with Gasteiger partial charge in [0.15, 0.2) is 0 Å². The molecule has 2 aromatic rings. The van der Waals surface area contributed by atoms with Gasteiger partial charge in [0.25, 0.3) is 0 Å². The fourth-order valence-electron chi connectivity index (χ4n) is 4.74. The van der Waals surface area contributed by atoms with Crippen LogP contribution in [0.1, 0.15) is 57.6 Å². The van der Waals surface area contributed by atoms with Gasteiger partial charge in [-0.2, -0.15) is 0 Å². The van der Waals surface area contributed by atoms with Gasteiger partial charge in [-0.3, -0.25) is 4.79 Å². The number of nitrogens with zero attached hydrogens (tertiary/aromatic N) is 1. The Balaban J connectivity index is 1.72. The normalized spacial score (nSPS) is 19.2. The minimum absolute atomic E-state index is 0.0547. The largest absolute Gasteiger partial charge is 0.376 e. The lowest BCUT2D eigenvalue weighted by molar-refractivity contribution is -0.132. The van der Waals surface area contributed by atoms with E-state index >= 15 is 0 Å². The van der Waals surface area contributed by atoms with Crippen LogP contribution < -0.4 is 0 Å². The summed E-state index contributed by atoms with van der Waals surface area (Å²) in [6.07, 6.45) is 4.86. The zero-order valence-corrected chi connectivity index (χ0v) is 18.8. The van der Waals surface area contributed by atoms with E-state index in [4.69, 9.17) is 4.74 Å². The number of hydrogen-bond donors (Lipinski definition) is 0. The summed E-state index contributed by atoms with van der Waals surface area (Å²) in [5, 5.41) is 0. The quantitative estimate of drug-likeness (QED) is 0.519. The van der Waals surface area contributed by atoms with Crippen molar-refractivity contribution in [3.8, 4) is 0 Å². The molecule has 3 rings (SSSR count). The number of rotatable bonds is 9. The molecule has 0 N–H and O–H groups in total. The van der Waals surface area contributed by atoms with Crippen LogP contribution in [0.25, 0.3) is 0 Å². The Kier molecular flexibility index (Phi) is 8.09. The molecule has 0 aromatic heterocycles. The summed E-state index contributed by atoms with van der Waals surface area (Å²) in [6, 6.07) is 21.1. The number of hydrogen-bond acceptors (Lipinski definition) is 2. The van der Waals surface area contributed by atoms with Crippen molar-refractivity contribution < 1.29 is 9.53 Å². The fraction of sp³-hybridized carbons (Fsp3) is 0.519. The summed E-state index contributed by atoms with van der Waals surface area (Å²) in [6.45, 7) is 8.73. The highest BCUT2D eigenvalue weighted by Crippen LogP contribution is 2.36. The second-order valence-corrected chi connectivity index (χ2v) is 9.25. The van der Waals surface area contributed by atoms with Crippen LogP contribution in [0.4, 0.5) is 0 Å². The van der Waals surface area contributed by atoms with Crippen LogP contribution in [0, 0.1) is 11.8 Å². The molecule has 3 heteroatoms. The summed E-state index contributed by atoms with van der Waals surface area (Å²) in [5.74, 6) is 1.42. The predicted octanol–water partition coefficient (Wildman–Crippen LogP) is 5.88. The van der Waals surface area contributed by atoms with Gasteiger partial charge in [-0.05, 0) is 62.5 Å². The van der Waals surface area contributed by atoms with Gasteiger partial charge in [0.05, 0.1) is 5.60 Å². The van der Waals surface area contributed by atoms with E-state index < -0.39 is 0 Å². The van der Waals surface area contributed by atoms with E-state index in [1.54, 1.807) is 0 Å². The molecular weight excluding hydrogens is 370 g/mol. The van der Waals surface area contributed by atoms with E-state index in [1.165, 1.54) is 11.1 Å². The number of carbonyl (C=O) groups is 1. The molecule has 0 radical (unpaired) electrons. The van der Waals surface area contributed by atoms with Crippen molar-refractivity contribution in [1.82, 2.24) is 4.90 Å². The Labute approximate surface area is 182 Å². The van der Waals surface area contributed by atoms with Gasteiger partial charge in [-0.1, -0.05) is 67.6 Å². The third-order valence-corrected chi connectivity index (χ3v) is 6.38. The van der Waals surface area contributed by atoms with Crippen molar-refractivity contribution in [3.63, 3.8) is 0 Å². The minimum Gasteiger partial charge on any atom is -0.376 e. The molecule has 2 aromatic carbocycles. The lowest BCUT2D eigenvalue weighted by atomic mass is 9.75. The third-order valence-electron chi connectivity index (χ3n) is 6.38. The molecular formula is C27H37NO2. The van der Waals surface area contributed by atoms with E-state index in [0.29, 0.717) is 24.8 Å². The molecule has 0 saturated carbocycles. The summed E-state index contributed by atoms with van der Waals surface area (Å²) in [7, 11) is 0. The first-order valence-electron chi connectivity index (χ1n) is 11.5. The van der Waals surface area contributed by atoms with Gasteiger partial charge in [0, 0.05) is 26.1 Å². The zero-order chi connectivity index (χ0) is 21.4. The first kappa shape index (κ1) is 22.6. The van der Waals surface area contributed by atoms with Gasteiger partial charge in [0.2, 0.25) is 5.91 Å². The van der Waals surface area contributed by atoms with Crippen LogP contribution in [0.15, 0.2) is 60.7 Å². The van der Waals surface area contributed by atoms with Gasteiger partial charge >= 0.3 is 0 Å². The van der Waals surface area contributed by atoms with Gasteiger partial charge in [-0.15, -0.1) is 0 Å². The second kappa shape index (κ2) is 10.8. The third kappa shape index (κ3) is 6.70. The van der Waals surface area contributed by atoms with E-state index in [-0.39, 0.29) is 11.5 Å². The zero-order valence-electron chi connectivity index (χ0n) is 18.8. The van der Waals surface area contributed by atoms with Crippen LogP contribution >= 0.6 is 0 Å². The molecule has 1 fully saturated rings. The maximum absolute atomic E-state index is 12.7. The van der Waals surface area contributed by atoms with Crippen molar-refractivity contribution in [1.29, 1.82) is 0 Å². The molecule has 1 aliphatic rings.